The zero-order valence-electron chi connectivity index (χ0n) is 17.7. The summed E-state index contributed by atoms with van der Waals surface area (Å²) in [6.45, 7) is 3.22. The molecule has 0 aliphatic heterocycles. The maximum atomic E-state index is 12.7. The molecule has 10 heteroatoms. The molecule has 0 spiro atoms. The van der Waals surface area contributed by atoms with E-state index in [0.29, 0.717) is 11.3 Å². The normalized spacial score (nSPS) is 10.9. The molecule has 10 nitrogen and oxygen atoms in total. The fourth-order valence-corrected chi connectivity index (χ4v) is 2.75. The van der Waals surface area contributed by atoms with Crippen LogP contribution in [-0.2, 0) is 11.2 Å². The number of ether oxygens (including phenoxy) is 2. The SMILES string of the molecule is COc1cc(C(=O)Nc2ccc(CC(=O)NC(C)(C)CO)cc2)c([N+](=O)[O-])cc1OC. The molecule has 31 heavy (non-hydrogen) atoms. The Morgan fingerprint density at radius 2 is 1.68 bits per heavy atom. The zero-order chi connectivity index (χ0) is 23.2. The Morgan fingerprint density at radius 1 is 1.10 bits per heavy atom. The van der Waals surface area contributed by atoms with E-state index in [1.807, 2.05) is 0 Å². The molecule has 0 aliphatic carbocycles. The lowest BCUT2D eigenvalue weighted by Gasteiger charge is -2.23. The third-order valence-corrected chi connectivity index (χ3v) is 4.39. The van der Waals surface area contributed by atoms with Crippen LogP contribution in [0.5, 0.6) is 11.5 Å². The van der Waals surface area contributed by atoms with Gasteiger partial charge in [-0.15, -0.1) is 0 Å². The van der Waals surface area contributed by atoms with E-state index in [1.165, 1.54) is 20.3 Å². The Hall–Kier alpha value is -3.66. The smallest absolute Gasteiger partial charge is 0.286 e. The summed E-state index contributed by atoms with van der Waals surface area (Å²) in [5.41, 5.74) is -0.235. The molecule has 0 atom stereocenters. The molecule has 3 N–H and O–H groups in total. The van der Waals surface area contributed by atoms with Crippen molar-refractivity contribution < 1.29 is 29.1 Å². The Labute approximate surface area is 179 Å². The number of nitro benzene ring substituents is 1. The molecule has 2 aromatic rings. The second kappa shape index (κ2) is 9.90. The number of carbonyl (C=O) groups is 2. The quantitative estimate of drug-likeness (QED) is 0.409. The van der Waals surface area contributed by atoms with Gasteiger partial charge in [-0.1, -0.05) is 12.1 Å². The second-order valence-corrected chi connectivity index (χ2v) is 7.40. The topological polar surface area (TPSA) is 140 Å². The predicted molar refractivity (Wildman–Crippen MR) is 114 cm³/mol. The van der Waals surface area contributed by atoms with Crippen LogP contribution in [0.15, 0.2) is 36.4 Å². The average molecular weight is 431 g/mol. The fraction of sp³-hybridized carbons (Fsp3) is 0.333. The first-order valence-corrected chi connectivity index (χ1v) is 9.32. The molecule has 2 rings (SSSR count). The van der Waals surface area contributed by atoms with Crippen molar-refractivity contribution in [1.29, 1.82) is 0 Å². The Kier molecular flexibility index (Phi) is 7.54. The number of nitrogens with one attached hydrogen (secondary N) is 2. The van der Waals surface area contributed by atoms with Crippen LogP contribution >= 0.6 is 0 Å². The van der Waals surface area contributed by atoms with Crippen molar-refractivity contribution >= 4 is 23.2 Å². The first-order chi connectivity index (χ1) is 14.6. The van der Waals surface area contributed by atoms with Crippen LogP contribution in [0.25, 0.3) is 0 Å². The molecule has 0 fully saturated rings. The van der Waals surface area contributed by atoms with Gasteiger partial charge >= 0.3 is 0 Å². The molecular weight excluding hydrogens is 406 g/mol. The van der Waals surface area contributed by atoms with Gasteiger partial charge in [-0.05, 0) is 31.5 Å². The van der Waals surface area contributed by atoms with E-state index < -0.39 is 22.1 Å². The Bertz CT molecular complexity index is 972. The lowest BCUT2D eigenvalue weighted by molar-refractivity contribution is -0.385. The van der Waals surface area contributed by atoms with Crippen molar-refractivity contribution in [1.82, 2.24) is 5.32 Å². The third kappa shape index (κ3) is 6.16. The first-order valence-electron chi connectivity index (χ1n) is 9.32. The summed E-state index contributed by atoms with van der Waals surface area (Å²) in [5.74, 6) is -0.622. The molecule has 0 radical (unpaired) electrons. The van der Waals surface area contributed by atoms with Crippen LogP contribution in [0, 0.1) is 10.1 Å². The number of carbonyl (C=O) groups excluding carboxylic acids is 2. The van der Waals surface area contributed by atoms with Crippen molar-refractivity contribution in [2.45, 2.75) is 25.8 Å². The highest BCUT2D eigenvalue weighted by Crippen LogP contribution is 2.34. The highest BCUT2D eigenvalue weighted by Gasteiger charge is 2.25. The van der Waals surface area contributed by atoms with E-state index in [9.17, 15) is 24.8 Å². The predicted octanol–water partition coefficient (Wildman–Crippen LogP) is 2.29. The molecule has 0 bridgehead atoms. The van der Waals surface area contributed by atoms with Crippen LogP contribution in [0.3, 0.4) is 0 Å². The minimum absolute atomic E-state index is 0.0960. The Morgan fingerprint density at radius 3 is 2.19 bits per heavy atom. The van der Waals surface area contributed by atoms with Crippen LogP contribution in [-0.4, -0.2) is 48.2 Å². The number of anilines is 1. The Balaban J connectivity index is 2.16. The van der Waals surface area contributed by atoms with Crippen molar-refractivity contribution in [2.75, 3.05) is 26.1 Å². The highest BCUT2D eigenvalue weighted by molar-refractivity contribution is 6.07. The molecule has 2 aromatic carbocycles. The summed E-state index contributed by atoms with van der Waals surface area (Å²) in [7, 11) is 2.70. The van der Waals surface area contributed by atoms with E-state index in [-0.39, 0.29) is 36.0 Å². The molecule has 0 aromatic heterocycles. The van der Waals surface area contributed by atoms with Crippen LogP contribution < -0.4 is 20.1 Å². The van der Waals surface area contributed by atoms with Crippen LogP contribution in [0.4, 0.5) is 11.4 Å². The molecule has 166 valence electrons. The number of rotatable bonds is 9. The minimum Gasteiger partial charge on any atom is -0.493 e. The lowest BCUT2D eigenvalue weighted by atomic mass is 10.1. The number of aliphatic hydroxyl groups excluding tert-OH is 1. The van der Waals surface area contributed by atoms with Gasteiger partial charge in [0.05, 0.1) is 43.8 Å². The number of benzene rings is 2. The van der Waals surface area contributed by atoms with Crippen molar-refractivity contribution in [3.05, 3.63) is 57.6 Å². The standard InChI is InChI=1S/C21H25N3O7/c1-21(2,12-25)23-19(26)9-13-5-7-14(8-6-13)22-20(27)15-10-17(30-3)18(31-4)11-16(15)24(28)29/h5-8,10-11,25H,9,12H2,1-4H3,(H,22,27)(H,23,26). The van der Waals surface area contributed by atoms with Crippen molar-refractivity contribution in [2.24, 2.45) is 0 Å². The van der Waals surface area contributed by atoms with Crippen molar-refractivity contribution in [3.8, 4) is 11.5 Å². The van der Waals surface area contributed by atoms with E-state index in [1.54, 1.807) is 38.1 Å². The van der Waals surface area contributed by atoms with E-state index in [2.05, 4.69) is 10.6 Å². The summed E-state index contributed by atoms with van der Waals surface area (Å²) < 4.78 is 10.2. The second-order valence-electron chi connectivity index (χ2n) is 7.40. The van der Waals surface area contributed by atoms with Gasteiger partial charge in [-0.2, -0.15) is 0 Å². The molecular formula is C21H25N3O7. The number of hydrogen-bond acceptors (Lipinski definition) is 7. The molecule has 0 saturated heterocycles. The summed E-state index contributed by atoms with van der Waals surface area (Å²) in [4.78, 5) is 35.4. The molecule has 0 aliphatic rings. The molecule has 2 amide bonds. The number of amides is 2. The number of hydrogen-bond donors (Lipinski definition) is 3. The summed E-state index contributed by atoms with van der Waals surface area (Å²) in [6.07, 6.45) is 0.0960. The van der Waals surface area contributed by atoms with Gasteiger partial charge in [-0.25, -0.2) is 0 Å². The molecule has 0 heterocycles. The summed E-state index contributed by atoms with van der Waals surface area (Å²) in [6, 6.07) is 8.86. The highest BCUT2D eigenvalue weighted by atomic mass is 16.6. The fourth-order valence-electron chi connectivity index (χ4n) is 2.75. The number of nitro groups is 1. The van der Waals surface area contributed by atoms with Gasteiger partial charge in [0, 0.05) is 11.8 Å². The maximum absolute atomic E-state index is 12.7. The van der Waals surface area contributed by atoms with Gasteiger partial charge in [0.25, 0.3) is 11.6 Å². The van der Waals surface area contributed by atoms with E-state index in [0.717, 1.165) is 6.07 Å². The average Bonchev–Trinajstić information content (AvgIpc) is 2.73. The number of nitrogens with zero attached hydrogens (tertiary/aromatic N) is 1. The minimum atomic E-state index is -0.723. The summed E-state index contributed by atoms with van der Waals surface area (Å²) >= 11 is 0. The first kappa shape index (κ1) is 23.6. The number of methoxy groups -OCH3 is 2. The van der Waals surface area contributed by atoms with Crippen LogP contribution in [0.2, 0.25) is 0 Å². The largest absolute Gasteiger partial charge is 0.493 e. The zero-order valence-corrected chi connectivity index (χ0v) is 17.7. The van der Waals surface area contributed by atoms with Gasteiger partial charge in [0.1, 0.15) is 5.56 Å². The molecule has 0 saturated carbocycles. The molecule has 0 unspecified atom stereocenters. The maximum Gasteiger partial charge on any atom is 0.286 e. The van der Waals surface area contributed by atoms with E-state index in [4.69, 9.17) is 9.47 Å². The van der Waals surface area contributed by atoms with E-state index >= 15 is 0 Å². The van der Waals surface area contributed by atoms with Gasteiger partial charge < -0.3 is 25.2 Å². The monoisotopic (exact) mass is 431 g/mol. The number of aliphatic hydroxyl groups is 1. The third-order valence-electron chi connectivity index (χ3n) is 4.39. The van der Waals surface area contributed by atoms with Crippen LogP contribution in [0.1, 0.15) is 29.8 Å². The lowest BCUT2D eigenvalue weighted by Crippen LogP contribution is -2.46. The van der Waals surface area contributed by atoms with Gasteiger partial charge in [0.2, 0.25) is 5.91 Å². The summed E-state index contributed by atoms with van der Waals surface area (Å²) in [5, 5.41) is 25.9. The van der Waals surface area contributed by atoms with Crippen molar-refractivity contribution in [3.63, 3.8) is 0 Å². The van der Waals surface area contributed by atoms with Gasteiger partial charge in [-0.3, -0.25) is 19.7 Å². The van der Waals surface area contributed by atoms with Gasteiger partial charge in [0.15, 0.2) is 11.5 Å².